The topological polar surface area (TPSA) is 97.0 Å². The van der Waals surface area contributed by atoms with E-state index in [4.69, 9.17) is 0 Å². The van der Waals surface area contributed by atoms with E-state index in [-0.39, 0.29) is 16.8 Å². The number of nitrogens with one attached hydrogen (secondary N) is 1. The summed E-state index contributed by atoms with van der Waals surface area (Å²) in [7, 11) is -3.65. The molecule has 3 heterocycles. The van der Waals surface area contributed by atoms with Crippen molar-refractivity contribution in [3.05, 3.63) is 18.0 Å². The smallest absolute Gasteiger partial charge is 0.270 e. The van der Waals surface area contributed by atoms with Crippen molar-refractivity contribution < 1.29 is 18.3 Å². The molecule has 2 aliphatic heterocycles. The van der Waals surface area contributed by atoms with Gasteiger partial charge in [0.05, 0.1) is 6.10 Å². The number of aromatic amines is 1. The highest BCUT2D eigenvalue weighted by atomic mass is 32.2. The van der Waals surface area contributed by atoms with Crippen LogP contribution in [0.4, 0.5) is 0 Å². The molecule has 2 fully saturated rings. The van der Waals surface area contributed by atoms with Crippen molar-refractivity contribution >= 4 is 15.9 Å². The number of aliphatic hydroxyl groups excluding tert-OH is 1. The summed E-state index contributed by atoms with van der Waals surface area (Å²) in [5.74, 6) is -0.137. The van der Waals surface area contributed by atoms with Crippen molar-refractivity contribution in [2.24, 2.45) is 0 Å². The number of rotatable bonds is 6. The zero-order valence-corrected chi connectivity index (χ0v) is 16.9. The molecule has 1 aromatic rings. The summed E-state index contributed by atoms with van der Waals surface area (Å²) in [5, 5.41) is 9.65. The Morgan fingerprint density at radius 2 is 2.00 bits per heavy atom. The number of hydrogen-bond donors (Lipinski definition) is 2. The number of nitrogens with zero attached hydrogens (tertiary/aromatic N) is 3. The van der Waals surface area contributed by atoms with Gasteiger partial charge in [-0.3, -0.25) is 9.69 Å². The van der Waals surface area contributed by atoms with Crippen LogP contribution in [-0.4, -0.2) is 89.9 Å². The molecular weight excluding hydrogens is 368 g/mol. The van der Waals surface area contributed by atoms with E-state index in [0.717, 1.165) is 32.4 Å². The Balaban J connectivity index is 1.72. The maximum absolute atomic E-state index is 13.0. The van der Waals surface area contributed by atoms with Crippen molar-refractivity contribution in [1.29, 1.82) is 0 Å². The minimum Gasteiger partial charge on any atom is -0.392 e. The minimum atomic E-state index is -3.65. The molecule has 152 valence electrons. The van der Waals surface area contributed by atoms with Gasteiger partial charge in [0.25, 0.3) is 5.91 Å². The molecule has 2 atom stereocenters. The number of hydrogen-bond acceptors (Lipinski definition) is 5. The maximum atomic E-state index is 13.0. The molecule has 27 heavy (non-hydrogen) atoms. The number of piperazine rings is 1. The molecule has 3 rings (SSSR count). The van der Waals surface area contributed by atoms with E-state index >= 15 is 0 Å². The molecule has 1 aromatic heterocycles. The summed E-state index contributed by atoms with van der Waals surface area (Å²) in [6.07, 6.45) is 3.78. The van der Waals surface area contributed by atoms with E-state index in [2.05, 4.69) is 9.88 Å². The standard InChI is InChI=1S/C18H30N4O4S/c1-3-15-13-22(9-8-21(15)12-14(2)23)27(25,26)16-10-17(19-11-16)18(24)20-6-4-5-7-20/h10-11,14-15,19,23H,3-9,12-13H2,1-2H3/t14-,15+/m1/s1. The van der Waals surface area contributed by atoms with Gasteiger partial charge in [-0.2, -0.15) is 4.31 Å². The van der Waals surface area contributed by atoms with Gasteiger partial charge in [-0.1, -0.05) is 6.92 Å². The zero-order chi connectivity index (χ0) is 19.6. The Bertz CT molecular complexity index is 755. The summed E-state index contributed by atoms with van der Waals surface area (Å²) in [6, 6.07) is 1.53. The van der Waals surface area contributed by atoms with Crippen molar-refractivity contribution in [3.63, 3.8) is 0 Å². The SMILES string of the molecule is CC[C@H]1CN(S(=O)(=O)c2c[nH]c(C(=O)N3CCCC3)c2)CCN1C[C@@H](C)O. The highest BCUT2D eigenvalue weighted by molar-refractivity contribution is 7.89. The molecule has 2 aliphatic rings. The van der Waals surface area contributed by atoms with Gasteiger partial charge in [0.15, 0.2) is 0 Å². The molecule has 0 unspecified atom stereocenters. The van der Waals surface area contributed by atoms with Gasteiger partial charge >= 0.3 is 0 Å². The van der Waals surface area contributed by atoms with Gasteiger partial charge in [0.1, 0.15) is 10.6 Å². The highest BCUT2D eigenvalue weighted by Crippen LogP contribution is 2.23. The predicted octanol–water partition coefficient (Wildman–Crippen LogP) is 0.716. The fourth-order valence-electron chi connectivity index (χ4n) is 3.94. The Morgan fingerprint density at radius 1 is 1.30 bits per heavy atom. The predicted molar refractivity (Wildman–Crippen MR) is 102 cm³/mol. The van der Waals surface area contributed by atoms with Crippen LogP contribution in [0.3, 0.4) is 0 Å². The second-order valence-electron chi connectivity index (χ2n) is 7.52. The van der Waals surface area contributed by atoms with Gasteiger partial charge < -0.3 is 15.0 Å². The molecule has 1 amide bonds. The number of sulfonamides is 1. The first-order chi connectivity index (χ1) is 12.8. The first-order valence-corrected chi connectivity index (χ1v) is 11.2. The van der Waals surface area contributed by atoms with Crippen LogP contribution < -0.4 is 0 Å². The van der Waals surface area contributed by atoms with E-state index < -0.39 is 16.1 Å². The second-order valence-corrected chi connectivity index (χ2v) is 9.46. The van der Waals surface area contributed by atoms with Gasteiger partial charge in [-0.25, -0.2) is 8.42 Å². The summed E-state index contributed by atoms with van der Waals surface area (Å²) < 4.78 is 27.6. The molecule has 0 bridgehead atoms. The fourth-order valence-corrected chi connectivity index (χ4v) is 5.40. The average Bonchev–Trinajstić information content (AvgIpc) is 3.33. The Kier molecular flexibility index (Phi) is 6.25. The van der Waals surface area contributed by atoms with Crippen molar-refractivity contribution in [1.82, 2.24) is 19.1 Å². The lowest BCUT2D eigenvalue weighted by atomic mass is 10.1. The molecule has 9 heteroatoms. The van der Waals surface area contributed by atoms with Crippen LogP contribution in [0.15, 0.2) is 17.2 Å². The molecule has 2 saturated heterocycles. The van der Waals surface area contributed by atoms with Crippen LogP contribution in [0.5, 0.6) is 0 Å². The molecule has 0 aromatic carbocycles. The highest BCUT2D eigenvalue weighted by Gasteiger charge is 2.34. The number of β-amino-alcohol motifs (C(OH)–C–C–N with tert-alkyl or cyclic N) is 1. The van der Waals surface area contributed by atoms with Gasteiger partial charge in [0.2, 0.25) is 10.0 Å². The summed E-state index contributed by atoms with van der Waals surface area (Å²) in [4.78, 5) is 19.4. The molecule has 0 saturated carbocycles. The first kappa shape index (κ1) is 20.3. The largest absolute Gasteiger partial charge is 0.392 e. The molecular formula is C18H30N4O4S. The minimum absolute atomic E-state index is 0.0766. The third-order valence-electron chi connectivity index (χ3n) is 5.46. The molecule has 0 spiro atoms. The number of amides is 1. The second kappa shape index (κ2) is 8.30. The third kappa shape index (κ3) is 4.37. The summed E-state index contributed by atoms with van der Waals surface area (Å²) in [6.45, 7) is 7.14. The molecule has 8 nitrogen and oxygen atoms in total. The Labute approximate surface area is 161 Å². The lowest BCUT2D eigenvalue weighted by molar-refractivity contribution is 0.0613. The normalized spacial score (nSPS) is 23.7. The quantitative estimate of drug-likeness (QED) is 0.736. The van der Waals surface area contributed by atoms with Gasteiger partial charge in [0, 0.05) is 51.5 Å². The molecule has 0 aliphatic carbocycles. The van der Waals surface area contributed by atoms with Gasteiger partial charge in [-0.15, -0.1) is 0 Å². The lowest BCUT2D eigenvalue weighted by Crippen LogP contribution is -2.55. The number of aliphatic hydroxyl groups is 1. The lowest BCUT2D eigenvalue weighted by Gasteiger charge is -2.40. The monoisotopic (exact) mass is 398 g/mol. The van der Waals surface area contributed by atoms with E-state index in [1.807, 2.05) is 6.92 Å². The number of carbonyl (C=O) groups excluding carboxylic acids is 1. The van der Waals surface area contributed by atoms with E-state index in [9.17, 15) is 18.3 Å². The number of H-pyrrole nitrogens is 1. The van der Waals surface area contributed by atoms with E-state index in [1.54, 1.807) is 11.8 Å². The first-order valence-electron chi connectivity index (χ1n) is 9.73. The summed E-state index contributed by atoms with van der Waals surface area (Å²) in [5.41, 5.74) is 0.329. The molecule has 0 radical (unpaired) electrons. The van der Waals surface area contributed by atoms with Crippen molar-refractivity contribution in [2.45, 2.75) is 50.2 Å². The number of carbonyl (C=O) groups is 1. The number of aromatic nitrogens is 1. The van der Waals surface area contributed by atoms with Crippen molar-refractivity contribution in [2.75, 3.05) is 39.3 Å². The molecule has 2 N–H and O–H groups in total. The van der Waals surface area contributed by atoms with Crippen LogP contribution in [0, 0.1) is 0 Å². The van der Waals surface area contributed by atoms with Crippen molar-refractivity contribution in [3.8, 4) is 0 Å². The van der Waals surface area contributed by atoms with Gasteiger partial charge in [-0.05, 0) is 32.3 Å². The van der Waals surface area contributed by atoms with E-state index in [0.29, 0.717) is 31.9 Å². The zero-order valence-electron chi connectivity index (χ0n) is 16.1. The summed E-state index contributed by atoms with van der Waals surface area (Å²) >= 11 is 0. The van der Waals surface area contributed by atoms with Crippen LogP contribution in [0.1, 0.15) is 43.6 Å². The average molecular weight is 399 g/mol. The van der Waals surface area contributed by atoms with E-state index in [1.165, 1.54) is 16.6 Å². The van der Waals surface area contributed by atoms with Crippen LogP contribution >= 0.6 is 0 Å². The third-order valence-corrected chi connectivity index (χ3v) is 7.30. The Morgan fingerprint density at radius 3 is 2.63 bits per heavy atom. The number of likely N-dealkylation sites (tertiary alicyclic amines) is 1. The Hall–Kier alpha value is -1.42. The van der Waals surface area contributed by atoms with Crippen LogP contribution in [0.2, 0.25) is 0 Å². The van der Waals surface area contributed by atoms with Crippen LogP contribution in [-0.2, 0) is 10.0 Å². The fraction of sp³-hybridized carbons (Fsp3) is 0.722. The van der Waals surface area contributed by atoms with Crippen LogP contribution in [0.25, 0.3) is 0 Å². The maximum Gasteiger partial charge on any atom is 0.270 e.